The van der Waals surface area contributed by atoms with Crippen molar-refractivity contribution in [2.75, 3.05) is 0 Å². The van der Waals surface area contributed by atoms with Gasteiger partial charge in [0.25, 0.3) is 5.91 Å². The van der Waals surface area contributed by atoms with Crippen LogP contribution in [0.25, 0.3) is 10.1 Å². The van der Waals surface area contributed by atoms with Crippen LogP contribution in [0.3, 0.4) is 0 Å². The van der Waals surface area contributed by atoms with Gasteiger partial charge in [-0.1, -0.05) is 23.8 Å². The summed E-state index contributed by atoms with van der Waals surface area (Å²) in [5.74, 6) is -0.456. The fourth-order valence-electron chi connectivity index (χ4n) is 2.17. The van der Waals surface area contributed by atoms with Gasteiger partial charge < -0.3 is 10.2 Å². The van der Waals surface area contributed by atoms with E-state index in [0.29, 0.717) is 10.9 Å². The van der Waals surface area contributed by atoms with E-state index < -0.39 is 5.91 Å². The molecule has 0 saturated heterocycles. The lowest BCUT2D eigenvalue weighted by atomic mass is 10.1. The summed E-state index contributed by atoms with van der Waals surface area (Å²) in [4.78, 5) is 12.3. The number of aryl methyl sites for hydroxylation is 1. The summed E-state index contributed by atoms with van der Waals surface area (Å²) in [6.07, 6.45) is 1.37. The molecule has 3 N–H and O–H groups in total. The first-order chi connectivity index (χ1) is 11.1. The monoisotopic (exact) mass is 326 g/mol. The molecule has 0 atom stereocenters. The Bertz CT molecular complexity index is 915. The zero-order valence-electron chi connectivity index (χ0n) is 12.3. The molecule has 2 aromatic carbocycles. The molecular weight excluding hydrogens is 312 g/mol. The Kier molecular flexibility index (Phi) is 3.99. The van der Waals surface area contributed by atoms with E-state index in [2.05, 4.69) is 10.5 Å². The van der Waals surface area contributed by atoms with Crippen LogP contribution in [0.4, 0.5) is 0 Å². The van der Waals surface area contributed by atoms with Gasteiger partial charge in [-0.05, 0) is 31.2 Å². The standard InChI is InChI=1S/C17H14N2O3S/c1-10-6-7-13(20)11(8-10)9-18-19-17(22)16-15(21)12-4-2-3-5-14(12)23-16/h2-9,20-21H,1H3,(H,19,22). The third kappa shape index (κ3) is 3.02. The number of carbonyl (C=O) groups is 1. The fourth-order valence-corrected chi connectivity index (χ4v) is 3.16. The van der Waals surface area contributed by atoms with E-state index in [-0.39, 0.29) is 16.4 Å². The maximum atomic E-state index is 12.1. The Morgan fingerprint density at radius 3 is 2.78 bits per heavy atom. The number of thiophene rings is 1. The van der Waals surface area contributed by atoms with E-state index in [1.807, 2.05) is 19.1 Å². The first-order valence-corrected chi connectivity index (χ1v) is 7.71. The number of nitrogens with zero attached hydrogens (tertiary/aromatic N) is 1. The molecule has 1 heterocycles. The van der Waals surface area contributed by atoms with Crippen molar-refractivity contribution in [2.45, 2.75) is 6.92 Å². The van der Waals surface area contributed by atoms with Crippen molar-refractivity contribution in [3.63, 3.8) is 0 Å². The number of hydrogen-bond acceptors (Lipinski definition) is 5. The molecule has 5 nitrogen and oxygen atoms in total. The van der Waals surface area contributed by atoms with Gasteiger partial charge in [-0.2, -0.15) is 5.10 Å². The van der Waals surface area contributed by atoms with Crippen molar-refractivity contribution in [3.8, 4) is 11.5 Å². The van der Waals surface area contributed by atoms with E-state index >= 15 is 0 Å². The van der Waals surface area contributed by atoms with E-state index in [1.165, 1.54) is 17.6 Å². The van der Waals surface area contributed by atoms with Crippen LogP contribution in [0.5, 0.6) is 11.5 Å². The lowest BCUT2D eigenvalue weighted by Crippen LogP contribution is -2.16. The maximum Gasteiger partial charge on any atom is 0.285 e. The molecule has 0 radical (unpaired) electrons. The average Bonchev–Trinajstić information content (AvgIpc) is 2.88. The molecule has 3 rings (SSSR count). The quantitative estimate of drug-likeness (QED) is 0.510. The van der Waals surface area contributed by atoms with Gasteiger partial charge in [0.2, 0.25) is 0 Å². The summed E-state index contributed by atoms with van der Waals surface area (Å²) < 4.78 is 0.829. The highest BCUT2D eigenvalue weighted by Crippen LogP contribution is 2.36. The highest BCUT2D eigenvalue weighted by molar-refractivity contribution is 7.21. The fraction of sp³-hybridized carbons (Fsp3) is 0.0588. The zero-order chi connectivity index (χ0) is 16.4. The summed E-state index contributed by atoms with van der Waals surface area (Å²) in [6, 6.07) is 12.3. The summed E-state index contributed by atoms with van der Waals surface area (Å²) in [6.45, 7) is 1.89. The maximum absolute atomic E-state index is 12.1. The third-order valence-corrected chi connectivity index (χ3v) is 4.49. The lowest BCUT2D eigenvalue weighted by molar-refractivity contribution is 0.0957. The molecule has 6 heteroatoms. The van der Waals surface area contributed by atoms with Crippen LogP contribution in [0.2, 0.25) is 0 Å². The molecule has 0 aliphatic carbocycles. The van der Waals surface area contributed by atoms with Crippen LogP contribution in [0.1, 0.15) is 20.8 Å². The number of hydrazone groups is 1. The number of phenols is 1. The van der Waals surface area contributed by atoms with Crippen molar-refractivity contribution in [2.24, 2.45) is 5.10 Å². The van der Waals surface area contributed by atoms with Gasteiger partial charge in [-0.25, -0.2) is 5.43 Å². The number of fused-ring (bicyclic) bond motifs is 1. The molecule has 0 bridgehead atoms. The molecule has 116 valence electrons. The Balaban J connectivity index is 1.80. The number of rotatable bonds is 3. The number of amides is 1. The largest absolute Gasteiger partial charge is 0.507 e. The predicted molar refractivity (Wildman–Crippen MR) is 91.4 cm³/mol. The number of hydrogen-bond donors (Lipinski definition) is 3. The van der Waals surface area contributed by atoms with Crippen molar-refractivity contribution < 1.29 is 15.0 Å². The minimum absolute atomic E-state index is 0.0447. The summed E-state index contributed by atoms with van der Waals surface area (Å²) in [5, 5.41) is 24.3. The first kappa shape index (κ1) is 15.1. The van der Waals surface area contributed by atoms with Crippen molar-refractivity contribution in [3.05, 3.63) is 58.5 Å². The number of nitrogens with one attached hydrogen (secondary N) is 1. The van der Waals surface area contributed by atoms with Crippen LogP contribution in [0.15, 0.2) is 47.6 Å². The number of benzene rings is 2. The number of carbonyl (C=O) groups excluding carboxylic acids is 1. The average molecular weight is 326 g/mol. The van der Waals surface area contributed by atoms with Crippen LogP contribution in [0, 0.1) is 6.92 Å². The summed E-state index contributed by atoms with van der Waals surface area (Å²) in [5.41, 5.74) is 3.84. The van der Waals surface area contributed by atoms with Gasteiger partial charge in [0.05, 0.1) is 6.21 Å². The van der Waals surface area contributed by atoms with E-state index in [1.54, 1.807) is 30.3 Å². The third-order valence-electron chi connectivity index (χ3n) is 3.33. The molecule has 0 aliphatic heterocycles. The number of phenolic OH excluding ortho intramolecular Hbond substituents is 1. The van der Waals surface area contributed by atoms with Gasteiger partial charge in [-0.3, -0.25) is 4.79 Å². The van der Waals surface area contributed by atoms with E-state index in [9.17, 15) is 15.0 Å². The Hall–Kier alpha value is -2.86. The SMILES string of the molecule is Cc1ccc(O)c(C=NNC(=O)c2sc3ccccc3c2O)c1. The smallest absolute Gasteiger partial charge is 0.285 e. The second kappa shape index (κ2) is 6.10. The van der Waals surface area contributed by atoms with Gasteiger partial charge in [-0.15, -0.1) is 11.3 Å². The lowest BCUT2D eigenvalue weighted by Gasteiger charge is -2.00. The van der Waals surface area contributed by atoms with Crippen LogP contribution in [-0.4, -0.2) is 22.3 Å². The first-order valence-electron chi connectivity index (χ1n) is 6.90. The Morgan fingerprint density at radius 1 is 1.22 bits per heavy atom. The summed E-state index contributed by atoms with van der Waals surface area (Å²) >= 11 is 1.20. The zero-order valence-corrected chi connectivity index (χ0v) is 13.1. The molecule has 1 amide bonds. The molecular formula is C17H14N2O3S. The second-order valence-electron chi connectivity index (χ2n) is 5.04. The van der Waals surface area contributed by atoms with Crippen molar-refractivity contribution in [1.29, 1.82) is 0 Å². The summed E-state index contributed by atoms with van der Waals surface area (Å²) in [7, 11) is 0. The Morgan fingerprint density at radius 2 is 2.00 bits per heavy atom. The molecule has 3 aromatic rings. The van der Waals surface area contributed by atoms with Gasteiger partial charge in [0.1, 0.15) is 16.4 Å². The predicted octanol–water partition coefficient (Wildman–Crippen LogP) is 3.38. The molecule has 23 heavy (non-hydrogen) atoms. The second-order valence-corrected chi connectivity index (χ2v) is 6.09. The van der Waals surface area contributed by atoms with Crippen molar-refractivity contribution >= 4 is 33.5 Å². The molecule has 0 unspecified atom stereocenters. The van der Waals surface area contributed by atoms with Crippen LogP contribution >= 0.6 is 11.3 Å². The minimum Gasteiger partial charge on any atom is -0.507 e. The topological polar surface area (TPSA) is 81.9 Å². The highest BCUT2D eigenvalue weighted by Gasteiger charge is 2.17. The van der Waals surface area contributed by atoms with Crippen molar-refractivity contribution in [1.82, 2.24) is 5.43 Å². The molecule has 0 fully saturated rings. The van der Waals surface area contributed by atoms with Crippen LogP contribution < -0.4 is 5.43 Å². The van der Waals surface area contributed by atoms with Gasteiger partial charge in [0.15, 0.2) is 0 Å². The molecule has 0 aliphatic rings. The van der Waals surface area contributed by atoms with Crippen LogP contribution in [-0.2, 0) is 0 Å². The normalized spacial score (nSPS) is 11.2. The van der Waals surface area contributed by atoms with E-state index in [0.717, 1.165) is 10.3 Å². The molecule has 0 spiro atoms. The Labute approximate surface area is 136 Å². The minimum atomic E-state index is -0.493. The van der Waals surface area contributed by atoms with E-state index in [4.69, 9.17) is 0 Å². The van der Waals surface area contributed by atoms with Gasteiger partial charge in [0, 0.05) is 15.6 Å². The molecule has 0 saturated carbocycles. The van der Waals surface area contributed by atoms with Gasteiger partial charge >= 0.3 is 0 Å². The number of aromatic hydroxyl groups is 2. The highest BCUT2D eigenvalue weighted by atomic mass is 32.1. The molecule has 1 aromatic heterocycles.